The van der Waals surface area contributed by atoms with Gasteiger partial charge in [-0.15, -0.1) is 0 Å². The molecule has 86 valence electrons. The van der Waals surface area contributed by atoms with E-state index in [1.54, 1.807) is 12.2 Å². The number of nitrogens with one attached hydrogen (secondary N) is 1. The highest BCUT2D eigenvalue weighted by Gasteiger charge is 2.15. The maximum atomic E-state index is 13.4. The van der Waals surface area contributed by atoms with Gasteiger partial charge in [0.1, 0.15) is 12.5 Å². The molecule has 0 heterocycles. The van der Waals surface area contributed by atoms with Gasteiger partial charge in [0.15, 0.2) is 0 Å². The van der Waals surface area contributed by atoms with Crippen LogP contribution in [0.4, 0.5) is 8.78 Å². The van der Waals surface area contributed by atoms with Crippen LogP contribution >= 0.6 is 0 Å². The fraction of sp³-hybridized carbons (Fsp3) is 0.250. The zero-order valence-corrected chi connectivity index (χ0v) is 8.97. The van der Waals surface area contributed by atoms with E-state index in [0.717, 1.165) is 6.07 Å². The van der Waals surface area contributed by atoms with Crippen molar-refractivity contribution in [3.8, 4) is 0 Å². The number of amides is 1. The molecular formula is C12H13F2NO. The highest BCUT2D eigenvalue weighted by Crippen LogP contribution is 2.14. The molecule has 0 spiro atoms. The molecule has 0 unspecified atom stereocenters. The van der Waals surface area contributed by atoms with E-state index in [0.29, 0.717) is 6.54 Å². The largest absolute Gasteiger partial charge is 0.348 e. The van der Waals surface area contributed by atoms with Crippen molar-refractivity contribution in [3.05, 3.63) is 47.3 Å². The van der Waals surface area contributed by atoms with Gasteiger partial charge in [0.25, 0.3) is 5.91 Å². The molecule has 0 saturated carbocycles. The molecule has 0 fully saturated rings. The van der Waals surface area contributed by atoms with Gasteiger partial charge in [-0.05, 0) is 18.6 Å². The lowest BCUT2D eigenvalue weighted by molar-refractivity contribution is 0.0952. The molecule has 0 radical (unpaired) electrons. The van der Waals surface area contributed by atoms with Crippen molar-refractivity contribution in [2.24, 2.45) is 0 Å². The number of carbonyl (C=O) groups excluding carboxylic acids is 1. The minimum atomic E-state index is -0.857. The average molecular weight is 225 g/mol. The fourth-order valence-corrected chi connectivity index (χ4v) is 1.29. The van der Waals surface area contributed by atoms with Crippen LogP contribution in [-0.4, -0.2) is 12.5 Å². The van der Waals surface area contributed by atoms with Gasteiger partial charge < -0.3 is 5.32 Å². The third-order valence-electron chi connectivity index (χ3n) is 2.09. The van der Waals surface area contributed by atoms with Crippen LogP contribution in [0.25, 0.3) is 0 Å². The van der Waals surface area contributed by atoms with E-state index < -0.39 is 18.4 Å². The summed E-state index contributed by atoms with van der Waals surface area (Å²) in [5.41, 5.74) is -0.146. The first-order valence-electron chi connectivity index (χ1n) is 4.93. The lowest BCUT2D eigenvalue weighted by Crippen LogP contribution is -2.25. The van der Waals surface area contributed by atoms with Crippen LogP contribution < -0.4 is 5.32 Å². The zero-order chi connectivity index (χ0) is 12.0. The molecule has 0 atom stereocenters. The molecule has 0 saturated heterocycles. The predicted octanol–water partition coefficient (Wildman–Crippen LogP) is 2.60. The summed E-state index contributed by atoms with van der Waals surface area (Å²) in [5, 5.41) is 2.48. The van der Waals surface area contributed by atoms with Crippen molar-refractivity contribution in [1.82, 2.24) is 5.32 Å². The number of rotatable bonds is 4. The summed E-state index contributed by atoms with van der Waals surface area (Å²) in [6.07, 6.45) is 3.48. The Morgan fingerprint density at radius 2 is 2.25 bits per heavy atom. The van der Waals surface area contributed by atoms with Crippen molar-refractivity contribution < 1.29 is 13.6 Å². The van der Waals surface area contributed by atoms with Crippen LogP contribution in [-0.2, 0) is 6.67 Å². The minimum absolute atomic E-state index is 0.0676. The summed E-state index contributed by atoms with van der Waals surface area (Å²) in [5.74, 6) is -1.29. The quantitative estimate of drug-likeness (QED) is 0.784. The number of carbonyl (C=O) groups is 1. The Kier molecular flexibility index (Phi) is 4.64. The maximum Gasteiger partial charge on any atom is 0.254 e. The first-order chi connectivity index (χ1) is 7.70. The van der Waals surface area contributed by atoms with E-state index >= 15 is 0 Å². The summed E-state index contributed by atoms with van der Waals surface area (Å²) in [4.78, 5) is 11.6. The van der Waals surface area contributed by atoms with Crippen molar-refractivity contribution in [2.75, 3.05) is 6.54 Å². The Bertz CT molecular complexity index is 402. The molecule has 1 rings (SSSR count). The van der Waals surface area contributed by atoms with Gasteiger partial charge in [0, 0.05) is 6.54 Å². The molecule has 0 aromatic heterocycles. The van der Waals surface area contributed by atoms with Crippen molar-refractivity contribution in [2.45, 2.75) is 13.6 Å². The maximum absolute atomic E-state index is 13.4. The van der Waals surface area contributed by atoms with Gasteiger partial charge in [0.2, 0.25) is 0 Å². The Morgan fingerprint density at radius 1 is 1.50 bits per heavy atom. The molecule has 1 aromatic carbocycles. The van der Waals surface area contributed by atoms with Gasteiger partial charge in [-0.1, -0.05) is 24.3 Å². The molecule has 0 aliphatic carbocycles. The lowest BCUT2D eigenvalue weighted by Gasteiger charge is -2.07. The molecule has 0 aliphatic rings. The normalized spacial score (nSPS) is 10.7. The van der Waals surface area contributed by atoms with E-state index in [1.165, 1.54) is 12.1 Å². The third kappa shape index (κ3) is 2.89. The van der Waals surface area contributed by atoms with Gasteiger partial charge in [-0.25, -0.2) is 8.78 Å². The summed E-state index contributed by atoms with van der Waals surface area (Å²) in [7, 11) is 0. The van der Waals surface area contributed by atoms with Gasteiger partial charge in [-0.2, -0.15) is 0 Å². The summed E-state index contributed by atoms with van der Waals surface area (Å²) >= 11 is 0. The number of benzene rings is 1. The molecule has 2 nitrogen and oxygen atoms in total. The van der Waals surface area contributed by atoms with Gasteiger partial charge in [-0.3, -0.25) is 4.79 Å². The topological polar surface area (TPSA) is 29.1 Å². The standard InChI is InChI=1S/C12H13F2NO/c1-2-3-7-15-12(16)11-9(8-13)5-4-6-10(11)14/h2-6H,7-8H2,1H3,(H,15,16)/b3-2-. The molecule has 0 aliphatic heterocycles. The van der Waals surface area contributed by atoms with Crippen molar-refractivity contribution in [1.29, 1.82) is 0 Å². The molecular weight excluding hydrogens is 212 g/mol. The number of allylic oxidation sites excluding steroid dienone is 1. The lowest BCUT2D eigenvalue weighted by atomic mass is 10.1. The van der Waals surface area contributed by atoms with Crippen LogP contribution in [0.2, 0.25) is 0 Å². The van der Waals surface area contributed by atoms with Crippen LogP contribution in [0.3, 0.4) is 0 Å². The molecule has 1 amide bonds. The van der Waals surface area contributed by atoms with E-state index in [1.807, 2.05) is 6.92 Å². The third-order valence-corrected chi connectivity index (χ3v) is 2.09. The summed E-state index contributed by atoms with van der Waals surface area (Å²) in [6, 6.07) is 3.92. The van der Waals surface area contributed by atoms with E-state index in [-0.39, 0.29) is 11.1 Å². The number of hydrogen-bond donors (Lipinski definition) is 1. The van der Waals surface area contributed by atoms with Crippen LogP contribution in [0.5, 0.6) is 0 Å². The highest BCUT2D eigenvalue weighted by atomic mass is 19.1. The number of alkyl halides is 1. The Morgan fingerprint density at radius 3 is 2.88 bits per heavy atom. The van der Waals surface area contributed by atoms with Crippen LogP contribution in [0.15, 0.2) is 30.4 Å². The second-order valence-electron chi connectivity index (χ2n) is 3.19. The van der Waals surface area contributed by atoms with Crippen molar-refractivity contribution >= 4 is 5.91 Å². The zero-order valence-electron chi connectivity index (χ0n) is 8.97. The number of hydrogen-bond acceptors (Lipinski definition) is 1. The molecule has 1 N–H and O–H groups in total. The van der Waals surface area contributed by atoms with E-state index in [9.17, 15) is 13.6 Å². The molecule has 16 heavy (non-hydrogen) atoms. The van der Waals surface area contributed by atoms with E-state index in [2.05, 4.69) is 5.32 Å². The molecule has 0 bridgehead atoms. The average Bonchev–Trinajstić information content (AvgIpc) is 2.28. The van der Waals surface area contributed by atoms with E-state index in [4.69, 9.17) is 0 Å². The molecule has 1 aromatic rings. The minimum Gasteiger partial charge on any atom is -0.348 e. The molecule has 4 heteroatoms. The number of halogens is 2. The second-order valence-corrected chi connectivity index (χ2v) is 3.19. The summed E-state index contributed by atoms with van der Waals surface area (Å²) in [6.45, 7) is 1.25. The monoisotopic (exact) mass is 225 g/mol. The smallest absolute Gasteiger partial charge is 0.254 e. The van der Waals surface area contributed by atoms with Crippen LogP contribution in [0.1, 0.15) is 22.8 Å². The summed E-state index contributed by atoms with van der Waals surface area (Å²) < 4.78 is 25.9. The second kappa shape index (κ2) is 6.00. The first-order valence-corrected chi connectivity index (χ1v) is 4.93. The first kappa shape index (κ1) is 12.4. The Labute approximate surface area is 93.0 Å². The van der Waals surface area contributed by atoms with Crippen molar-refractivity contribution in [3.63, 3.8) is 0 Å². The SMILES string of the molecule is C/C=C\CNC(=O)c1c(F)cccc1CF. The predicted molar refractivity (Wildman–Crippen MR) is 58.4 cm³/mol. The van der Waals surface area contributed by atoms with Gasteiger partial charge >= 0.3 is 0 Å². The Hall–Kier alpha value is -1.71. The Balaban J connectivity index is 2.89. The van der Waals surface area contributed by atoms with Gasteiger partial charge in [0.05, 0.1) is 5.56 Å². The fourth-order valence-electron chi connectivity index (χ4n) is 1.29. The highest BCUT2D eigenvalue weighted by molar-refractivity contribution is 5.96. The van der Waals surface area contributed by atoms with Crippen LogP contribution in [0, 0.1) is 5.82 Å².